The topological polar surface area (TPSA) is 73.9 Å². The molecule has 0 saturated carbocycles. The second kappa shape index (κ2) is 8.20. The summed E-state index contributed by atoms with van der Waals surface area (Å²) in [4.78, 5) is 27.6. The molecule has 2 aliphatic rings. The van der Waals surface area contributed by atoms with Crippen molar-refractivity contribution in [1.82, 2.24) is 20.4 Å². The van der Waals surface area contributed by atoms with Gasteiger partial charge in [-0.05, 0) is 6.07 Å². The summed E-state index contributed by atoms with van der Waals surface area (Å²) in [7, 11) is 0. The fourth-order valence-electron chi connectivity index (χ4n) is 3.32. The highest BCUT2D eigenvalue weighted by molar-refractivity contribution is 5.74. The zero-order valence-electron chi connectivity index (χ0n) is 14.7. The van der Waals surface area contributed by atoms with Crippen molar-refractivity contribution in [1.29, 1.82) is 0 Å². The van der Waals surface area contributed by atoms with Gasteiger partial charge in [-0.1, -0.05) is 18.2 Å². The molecule has 2 N–H and O–H groups in total. The molecule has 7 heteroatoms. The first kappa shape index (κ1) is 17.5. The summed E-state index contributed by atoms with van der Waals surface area (Å²) in [5, 5.41) is 5.96. The molecule has 136 valence electrons. The van der Waals surface area contributed by atoms with Crippen LogP contribution in [0.25, 0.3) is 0 Å². The van der Waals surface area contributed by atoms with Crippen LogP contribution in [-0.4, -0.2) is 67.6 Å². The van der Waals surface area contributed by atoms with Gasteiger partial charge in [0.05, 0.1) is 12.6 Å². The minimum atomic E-state index is -0.149. The summed E-state index contributed by atoms with van der Waals surface area (Å²) < 4.78 is 5.61. The SMILES string of the molecule is CC(=O)N1CCN(CCNC(=O)N[C@@H]2CCOc3ccccc32)CC1. The number of ether oxygens (including phenoxy) is 1. The highest BCUT2D eigenvalue weighted by atomic mass is 16.5. The van der Waals surface area contributed by atoms with Gasteiger partial charge in [0.2, 0.25) is 5.91 Å². The van der Waals surface area contributed by atoms with Crippen molar-refractivity contribution in [3.8, 4) is 5.75 Å². The van der Waals surface area contributed by atoms with Crippen molar-refractivity contribution < 1.29 is 14.3 Å². The second-order valence-electron chi connectivity index (χ2n) is 6.48. The van der Waals surface area contributed by atoms with E-state index in [4.69, 9.17) is 4.74 Å². The summed E-state index contributed by atoms with van der Waals surface area (Å²) in [5.74, 6) is 0.983. The fraction of sp³-hybridized carbons (Fsp3) is 0.556. The first-order valence-corrected chi connectivity index (χ1v) is 8.87. The molecule has 3 rings (SSSR count). The number of piperazine rings is 1. The van der Waals surface area contributed by atoms with Gasteiger partial charge >= 0.3 is 6.03 Å². The maximum absolute atomic E-state index is 12.2. The van der Waals surface area contributed by atoms with Crippen molar-refractivity contribution in [3.05, 3.63) is 29.8 Å². The Bertz CT molecular complexity index is 614. The Morgan fingerprint density at radius 3 is 2.72 bits per heavy atom. The summed E-state index contributed by atoms with van der Waals surface area (Å²) in [6.45, 7) is 6.85. The van der Waals surface area contributed by atoms with Crippen LogP contribution in [0.2, 0.25) is 0 Å². The Hall–Kier alpha value is -2.28. The summed E-state index contributed by atoms with van der Waals surface area (Å²) >= 11 is 0. The predicted octanol–water partition coefficient (Wildman–Crippen LogP) is 0.974. The zero-order valence-corrected chi connectivity index (χ0v) is 14.7. The zero-order chi connectivity index (χ0) is 17.6. The number of nitrogens with zero attached hydrogens (tertiary/aromatic N) is 2. The van der Waals surface area contributed by atoms with Gasteiger partial charge in [0.25, 0.3) is 0 Å². The second-order valence-corrected chi connectivity index (χ2v) is 6.48. The lowest BCUT2D eigenvalue weighted by Crippen LogP contribution is -2.50. The average molecular weight is 346 g/mol. The van der Waals surface area contributed by atoms with Crippen LogP contribution in [0.5, 0.6) is 5.75 Å². The van der Waals surface area contributed by atoms with Crippen molar-refractivity contribution in [2.45, 2.75) is 19.4 Å². The molecule has 7 nitrogen and oxygen atoms in total. The number of carbonyl (C=O) groups excluding carboxylic acids is 2. The lowest BCUT2D eigenvalue weighted by Gasteiger charge is -2.34. The van der Waals surface area contributed by atoms with E-state index in [1.54, 1.807) is 6.92 Å². The van der Waals surface area contributed by atoms with E-state index in [2.05, 4.69) is 15.5 Å². The maximum atomic E-state index is 12.2. The highest BCUT2D eigenvalue weighted by Crippen LogP contribution is 2.31. The van der Waals surface area contributed by atoms with Gasteiger partial charge in [-0.3, -0.25) is 9.69 Å². The van der Waals surface area contributed by atoms with Gasteiger partial charge < -0.3 is 20.3 Å². The van der Waals surface area contributed by atoms with E-state index >= 15 is 0 Å². The van der Waals surface area contributed by atoms with Gasteiger partial charge in [-0.15, -0.1) is 0 Å². The van der Waals surface area contributed by atoms with Crippen LogP contribution >= 0.6 is 0 Å². The number of carbonyl (C=O) groups is 2. The molecule has 1 fully saturated rings. The third-order valence-corrected chi connectivity index (χ3v) is 4.80. The van der Waals surface area contributed by atoms with E-state index in [0.717, 1.165) is 50.5 Å². The molecule has 2 aliphatic heterocycles. The number of nitrogens with one attached hydrogen (secondary N) is 2. The lowest BCUT2D eigenvalue weighted by atomic mass is 10.0. The number of hydrogen-bond donors (Lipinski definition) is 2. The van der Waals surface area contributed by atoms with Crippen LogP contribution in [0.4, 0.5) is 4.79 Å². The third-order valence-electron chi connectivity index (χ3n) is 4.80. The molecule has 0 aromatic heterocycles. The Morgan fingerprint density at radius 2 is 1.96 bits per heavy atom. The Kier molecular flexibility index (Phi) is 5.75. The number of rotatable bonds is 4. The predicted molar refractivity (Wildman–Crippen MR) is 94.5 cm³/mol. The van der Waals surface area contributed by atoms with E-state index in [1.807, 2.05) is 29.2 Å². The van der Waals surface area contributed by atoms with Gasteiger partial charge in [-0.25, -0.2) is 4.79 Å². The van der Waals surface area contributed by atoms with Crippen molar-refractivity contribution >= 4 is 11.9 Å². The van der Waals surface area contributed by atoms with Crippen LogP contribution in [0.1, 0.15) is 24.9 Å². The van der Waals surface area contributed by atoms with Gasteiger partial charge in [0.1, 0.15) is 5.75 Å². The molecule has 25 heavy (non-hydrogen) atoms. The van der Waals surface area contributed by atoms with Crippen LogP contribution in [0.15, 0.2) is 24.3 Å². The first-order valence-electron chi connectivity index (χ1n) is 8.87. The number of benzene rings is 1. The molecule has 2 heterocycles. The molecular weight excluding hydrogens is 320 g/mol. The Labute approximate surface area is 148 Å². The van der Waals surface area contributed by atoms with Crippen LogP contribution < -0.4 is 15.4 Å². The molecule has 1 aromatic rings. The maximum Gasteiger partial charge on any atom is 0.315 e. The van der Waals surface area contributed by atoms with Crippen LogP contribution in [-0.2, 0) is 4.79 Å². The molecule has 0 spiro atoms. The average Bonchev–Trinajstić information content (AvgIpc) is 2.62. The van der Waals surface area contributed by atoms with Gasteiger partial charge in [-0.2, -0.15) is 0 Å². The van der Waals surface area contributed by atoms with E-state index in [9.17, 15) is 9.59 Å². The molecule has 3 amide bonds. The van der Waals surface area contributed by atoms with E-state index < -0.39 is 0 Å². The normalized spacial score (nSPS) is 20.4. The molecule has 0 radical (unpaired) electrons. The van der Waals surface area contributed by atoms with Gasteiger partial charge in [0.15, 0.2) is 0 Å². The highest BCUT2D eigenvalue weighted by Gasteiger charge is 2.23. The van der Waals surface area contributed by atoms with E-state index in [1.165, 1.54) is 0 Å². The van der Waals surface area contributed by atoms with Crippen LogP contribution in [0, 0.1) is 0 Å². The molecule has 0 bridgehead atoms. The lowest BCUT2D eigenvalue weighted by molar-refractivity contribution is -0.130. The fourth-order valence-corrected chi connectivity index (χ4v) is 3.32. The van der Waals surface area contributed by atoms with Crippen molar-refractivity contribution in [2.24, 2.45) is 0 Å². The molecule has 1 atom stereocenters. The van der Waals surface area contributed by atoms with E-state index in [-0.39, 0.29) is 18.0 Å². The molecule has 1 saturated heterocycles. The third kappa shape index (κ3) is 4.63. The molecular formula is C18H26N4O3. The van der Waals surface area contributed by atoms with Gasteiger partial charge in [0, 0.05) is 58.2 Å². The monoisotopic (exact) mass is 346 g/mol. The Morgan fingerprint density at radius 1 is 1.20 bits per heavy atom. The standard InChI is InChI=1S/C18H26N4O3/c1-14(23)22-11-9-21(10-12-22)8-7-19-18(24)20-16-6-13-25-17-5-3-2-4-15(16)17/h2-5,16H,6-13H2,1H3,(H2,19,20,24)/t16-/m1/s1. The number of fused-ring (bicyclic) bond motifs is 1. The smallest absolute Gasteiger partial charge is 0.315 e. The minimum Gasteiger partial charge on any atom is -0.493 e. The molecule has 0 aliphatic carbocycles. The molecule has 0 unspecified atom stereocenters. The quantitative estimate of drug-likeness (QED) is 0.852. The number of urea groups is 1. The minimum absolute atomic E-state index is 0.0101. The molecule has 1 aromatic carbocycles. The summed E-state index contributed by atoms with van der Waals surface area (Å²) in [6.07, 6.45) is 0.775. The number of hydrogen-bond acceptors (Lipinski definition) is 4. The van der Waals surface area contributed by atoms with E-state index in [0.29, 0.717) is 13.2 Å². The Balaban J connectivity index is 1.39. The number of amides is 3. The van der Waals surface area contributed by atoms with Crippen LogP contribution in [0.3, 0.4) is 0 Å². The van der Waals surface area contributed by atoms with Crippen molar-refractivity contribution in [3.63, 3.8) is 0 Å². The first-order chi connectivity index (χ1) is 12.1. The largest absolute Gasteiger partial charge is 0.493 e. The van der Waals surface area contributed by atoms with Crippen molar-refractivity contribution in [2.75, 3.05) is 45.9 Å². The number of para-hydroxylation sites is 1. The summed E-state index contributed by atoms with van der Waals surface area (Å²) in [5.41, 5.74) is 1.03. The summed E-state index contributed by atoms with van der Waals surface area (Å²) in [6, 6.07) is 7.66.